The van der Waals surface area contributed by atoms with Crippen molar-refractivity contribution in [3.63, 3.8) is 0 Å². The van der Waals surface area contributed by atoms with Gasteiger partial charge in [0.1, 0.15) is 5.75 Å². The molecule has 0 aromatic heterocycles. The summed E-state index contributed by atoms with van der Waals surface area (Å²) in [7, 11) is -1.96. The van der Waals surface area contributed by atoms with E-state index in [9.17, 15) is 13.2 Å². The lowest BCUT2D eigenvalue weighted by Gasteiger charge is -2.25. The Balaban J connectivity index is 1.91. The van der Waals surface area contributed by atoms with Crippen LogP contribution in [-0.2, 0) is 14.8 Å². The molecule has 0 bridgehead atoms. The summed E-state index contributed by atoms with van der Waals surface area (Å²) in [5, 5.41) is 2.63. The molecule has 0 radical (unpaired) electrons. The van der Waals surface area contributed by atoms with E-state index in [0.29, 0.717) is 17.4 Å². The van der Waals surface area contributed by atoms with Gasteiger partial charge in [0.05, 0.1) is 10.6 Å². The number of fused-ring (bicyclic) bond motifs is 1. The van der Waals surface area contributed by atoms with Gasteiger partial charge in [0.15, 0.2) is 6.61 Å². The number of carbonyl (C=O) groups excluding carboxylic acids is 1. The molecule has 2 aliphatic rings. The van der Waals surface area contributed by atoms with E-state index in [4.69, 9.17) is 4.74 Å². The van der Waals surface area contributed by atoms with Crippen molar-refractivity contribution in [2.24, 2.45) is 5.92 Å². The van der Waals surface area contributed by atoms with Crippen molar-refractivity contribution < 1.29 is 17.9 Å². The Morgan fingerprint density at radius 1 is 1.38 bits per heavy atom. The largest absolute Gasteiger partial charge is 0.482 e. The Hall–Kier alpha value is -1.60. The molecule has 3 rings (SSSR count). The number of rotatable bonds is 4. The smallest absolute Gasteiger partial charge is 0.262 e. The van der Waals surface area contributed by atoms with Crippen LogP contribution in [0.4, 0.5) is 5.69 Å². The van der Waals surface area contributed by atoms with E-state index in [1.54, 1.807) is 13.1 Å². The zero-order valence-electron chi connectivity index (χ0n) is 12.0. The summed E-state index contributed by atoms with van der Waals surface area (Å²) in [5.41, 5.74) is 0.403. The average molecular weight is 310 g/mol. The molecule has 1 N–H and O–H groups in total. The Morgan fingerprint density at radius 3 is 2.76 bits per heavy atom. The first-order chi connectivity index (χ1) is 9.89. The highest BCUT2D eigenvalue weighted by Crippen LogP contribution is 2.37. The molecule has 1 aromatic rings. The third-order valence-corrected chi connectivity index (χ3v) is 6.08. The highest BCUT2D eigenvalue weighted by atomic mass is 32.2. The van der Waals surface area contributed by atoms with Crippen molar-refractivity contribution in [2.45, 2.75) is 30.7 Å². The molecule has 114 valence electrons. The van der Waals surface area contributed by atoms with E-state index >= 15 is 0 Å². The number of sulfonamides is 1. The summed E-state index contributed by atoms with van der Waals surface area (Å²) in [6, 6.07) is 4.54. The summed E-state index contributed by atoms with van der Waals surface area (Å²) in [6.45, 7) is 1.89. The lowest BCUT2D eigenvalue weighted by Crippen LogP contribution is -2.36. The third-order valence-electron chi connectivity index (χ3n) is 4.14. The number of amides is 1. The molecule has 21 heavy (non-hydrogen) atoms. The number of hydrogen-bond acceptors (Lipinski definition) is 4. The van der Waals surface area contributed by atoms with Gasteiger partial charge in [0.2, 0.25) is 10.0 Å². The number of carbonyl (C=O) groups is 1. The maximum Gasteiger partial charge on any atom is 0.262 e. The van der Waals surface area contributed by atoms with Crippen molar-refractivity contribution in [3.8, 4) is 5.75 Å². The minimum absolute atomic E-state index is 0.0168. The molecule has 7 heteroatoms. The summed E-state index contributed by atoms with van der Waals surface area (Å²) in [6.07, 6.45) is 2.16. The lowest BCUT2D eigenvalue weighted by molar-refractivity contribution is -0.118. The molecule has 1 aliphatic heterocycles. The lowest BCUT2D eigenvalue weighted by atomic mass is 10.2. The number of ether oxygens (including phenoxy) is 1. The SMILES string of the molecule is C[C@@H](C1CC1)N(C)S(=O)(=O)c1ccc2c(c1)NC(=O)CO2. The van der Waals surface area contributed by atoms with Gasteiger partial charge < -0.3 is 10.1 Å². The Labute approximate surface area is 124 Å². The van der Waals surface area contributed by atoms with E-state index in [1.165, 1.54) is 16.4 Å². The first-order valence-electron chi connectivity index (χ1n) is 6.94. The van der Waals surface area contributed by atoms with Crippen LogP contribution in [0.2, 0.25) is 0 Å². The summed E-state index contributed by atoms with van der Waals surface area (Å²) < 4.78 is 31.9. The predicted molar refractivity (Wildman–Crippen MR) is 77.7 cm³/mol. The van der Waals surface area contributed by atoms with Gasteiger partial charge >= 0.3 is 0 Å². The van der Waals surface area contributed by atoms with Crippen molar-refractivity contribution in [1.82, 2.24) is 4.31 Å². The quantitative estimate of drug-likeness (QED) is 0.913. The summed E-state index contributed by atoms with van der Waals surface area (Å²) in [5.74, 6) is 0.661. The minimum atomic E-state index is -3.57. The van der Waals surface area contributed by atoms with Gasteiger partial charge in [0.25, 0.3) is 5.91 Å². The van der Waals surface area contributed by atoms with Crippen LogP contribution in [0.3, 0.4) is 0 Å². The van der Waals surface area contributed by atoms with Crippen LogP contribution in [0.15, 0.2) is 23.1 Å². The highest BCUT2D eigenvalue weighted by molar-refractivity contribution is 7.89. The molecule has 0 spiro atoms. The van der Waals surface area contributed by atoms with Crippen LogP contribution in [0.25, 0.3) is 0 Å². The van der Waals surface area contributed by atoms with E-state index in [0.717, 1.165) is 12.8 Å². The van der Waals surface area contributed by atoms with Crippen LogP contribution in [0.5, 0.6) is 5.75 Å². The van der Waals surface area contributed by atoms with Gasteiger partial charge in [-0.25, -0.2) is 8.42 Å². The molecule has 1 aromatic carbocycles. The molecular weight excluding hydrogens is 292 g/mol. The van der Waals surface area contributed by atoms with E-state index in [-0.39, 0.29) is 23.5 Å². The first kappa shape index (κ1) is 14.3. The highest BCUT2D eigenvalue weighted by Gasteiger charge is 2.36. The second-order valence-corrected chi connectivity index (χ2v) is 7.59. The average Bonchev–Trinajstić information content (AvgIpc) is 3.29. The standard InChI is InChI=1S/C14H18N2O4S/c1-9(10-3-4-10)16(2)21(18,19)11-5-6-13-12(7-11)15-14(17)8-20-13/h5-7,9-10H,3-4,8H2,1-2H3,(H,15,17)/t9-/m0/s1. The van der Waals surface area contributed by atoms with Crippen molar-refractivity contribution in [2.75, 3.05) is 19.0 Å². The van der Waals surface area contributed by atoms with Gasteiger partial charge in [-0.1, -0.05) is 0 Å². The molecule has 1 saturated carbocycles. The van der Waals surface area contributed by atoms with Crippen LogP contribution in [-0.4, -0.2) is 38.3 Å². The van der Waals surface area contributed by atoms with Crippen LogP contribution < -0.4 is 10.1 Å². The fourth-order valence-electron chi connectivity index (χ4n) is 2.48. The molecule has 1 atom stereocenters. The zero-order valence-corrected chi connectivity index (χ0v) is 12.8. The molecule has 1 amide bonds. The maximum atomic E-state index is 12.6. The van der Waals surface area contributed by atoms with E-state index in [2.05, 4.69) is 5.32 Å². The van der Waals surface area contributed by atoms with Crippen LogP contribution >= 0.6 is 0 Å². The van der Waals surface area contributed by atoms with Gasteiger partial charge in [-0.05, 0) is 43.9 Å². The first-order valence-corrected chi connectivity index (χ1v) is 8.38. The zero-order chi connectivity index (χ0) is 15.2. The third kappa shape index (κ3) is 2.63. The van der Waals surface area contributed by atoms with Gasteiger partial charge in [-0.3, -0.25) is 4.79 Å². The van der Waals surface area contributed by atoms with Crippen LogP contribution in [0.1, 0.15) is 19.8 Å². The number of anilines is 1. The monoisotopic (exact) mass is 310 g/mol. The molecule has 1 aliphatic carbocycles. The number of nitrogens with zero attached hydrogens (tertiary/aromatic N) is 1. The number of nitrogens with one attached hydrogen (secondary N) is 1. The normalized spacial score (nSPS) is 19.7. The van der Waals surface area contributed by atoms with Gasteiger partial charge in [-0.15, -0.1) is 0 Å². The summed E-state index contributed by atoms with van der Waals surface area (Å²) >= 11 is 0. The molecule has 1 fully saturated rings. The van der Waals surface area contributed by atoms with Crippen LogP contribution in [0, 0.1) is 5.92 Å². The maximum absolute atomic E-state index is 12.6. The van der Waals surface area contributed by atoms with E-state index < -0.39 is 10.0 Å². The Morgan fingerprint density at radius 2 is 2.10 bits per heavy atom. The number of hydrogen-bond donors (Lipinski definition) is 1. The fraction of sp³-hybridized carbons (Fsp3) is 0.500. The van der Waals surface area contributed by atoms with Crippen molar-refractivity contribution in [3.05, 3.63) is 18.2 Å². The van der Waals surface area contributed by atoms with E-state index in [1.807, 2.05) is 6.92 Å². The molecule has 0 unspecified atom stereocenters. The molecule has 1 heterocycles. The second-order valence-electron chi connectivity index (χ2n) is 5.59. The predicted octanol–water partition coefficient (Wildman–Crippen LogP) is 1.44. The van der Waals surface area contributed by atoms with Crippen molar-refractivity contribution >= 4 is 21.6 Å². The number of benzene rings is 1. The topological polar surface area (TPSA) is 75.7 Å². The fourth-order valence-corrected chi connectivity index (χ4v) is 3.93. The Kier molecular flexibility index (Phi) is 3.41. The summed E-state index contributed by atoms with van der Waals surface area (Å²) in [4.78, 5) is 11.5. The molecule has 0 saturated heterocycles. The van der Waals surface area contributed by atoms with Gasteiger partial charge in [-0.2, -0.15) is 4.31 Å². The van der Waals surface area contributed by atoms with Gasteiger partial charge in [0, 0.05) is 13.1 Å². The molecule has 6 nitrogen and oxygen atoms in total. The second kappa shape index (κ2) is 4.99. The molecular formula is C14H18N2O4S. The Bertz CT molecular complexity index is 682. The minimum Gasteiger partial charge on any atom is -0.482 e. The van der Waals surface area contributed by atoms with Crippen molar-refractivity contribution in [1.29, 1.82) is 0 Å².